The lowest BCUT2D eigenvalue weighted by Crippen LogP contribution is -2.45. The molecule has 2 heterocycles. The molecule has 2 aromatic rings. The highest BCUT2D eigenvalue weighted by atomic mass is 16.5. The number of hydrogen-bond acceptors (Lipinski definition) is 7. The zero-order valence-electron chi connectivity index (χ0n) is 17.2. The number of fused-ring (bicyclic) bond motifs is 1. The van der Waals surface area contributed by atoms with Gasteiger partial charge in [0.15, 0.2) is 17.0 Å². The van der Waals surface area contributed by atoms with Gasteiger partial charge in [0.1, 0.15) is 0 Å². The van der Waals surface area contributed by atoms with Gasteiger partial charge in [-0.15, -0.1) is 0 Å². The van der Waals surface area contributed by atoms with Gasteiger partial charge in [0, 0.05) is 18.6 Å². The molecule has 10 heteroatoms. The molecule has 0 aliphatic carbocycles. The number of rotatable bonds is 9. The normalized spacial score (nSPS) is 11.6. The topological polar surface area (TPSA) is 129 Å². The SMILES string of the molecule is CCCCOc1nc(N)c2nc(OC)n(CCCN(C(=O)O)C(C)(C)C)c2n1. The third-order valence-electron chi connectivity index (χ3n) is 4.28. The van der Waals surface area contributed by atoms with Crippen molar-refractivity contribution >= 4 is 23.1 Å². The minimum absolute atomic E-state index is 0.198. The molecule has 156 valence electrons. The summed E-state index contributed by atoms with van der Waals surface area (Å²) in [5.41, 5.74) is 6.48. The molecule has 2 rings (SSSR count). The van der Waals surface area contributed by atoms with Crippen LogP contribution in [-0.2, 0) is 6.54 Å². The Morgan fingerprint density at radius 1 is 1.25 bits per heavy atom. The minimum Gasteiger partial charge on any atom is -0.468 e. The van der Waals surface area contributed by atoms with Crippen LogP contribution in [0.1, 0.15) is 47.0 Å². The first-order valence-electron chi connectivity index (χ1n) is 9.40. The summed E-state index contributed by atoms with van der Waals surface area (Å²) in [6, 6.07) is 0.545. The van der Waals surface area contributed by atoms with Crippen LogP contribution in [0.15, 0.2) is 0 Å². The van der Waals surface area contributed by atoms with E-state index in [-0.39, 0.29) is 11.8 Å². The summed E-state index contributed by atoms with van der Waals surface area (Å²) >= 11 is 0. The zero-order valence-corrected chi connectivity index (χ0v) is 17.2. The summed E-state index contributed by atoms with van der Waals surface area (Å²) in [5, 5.41) is 9.44. The van der Waals surface area contributed by atoms with Gasteiger partial charge in [0.25, 0.3) is 6.01 Å². The van der Waals surface area contributed by atoms with Crippen LogP contribution in [-0.4, -0.2) is 61.4 Å². The van der Waals surface area contributed by atoms with Crippen molar-refractivity contribution in [2.24, 2.45) is 0 Å². The maximum Gasteiger partial charge on any atom is 0.407 e. The van der Waals surface area contributed by atoms with Gasteiger partial charge in [-0.25, -0.2) is 4.79 Å². The fraction of sp³-hybridized carbons (Fsp3) is 0.667. The van der Waals surface area contributed by atoms with Gasteiger partial charge >= 0.3 is 12.1 Å². The second-order valence-corrected chi connectivity index (χ2v) is 7.47. The molecule has 1 amide bonds. The molecular weight excluding hydrogens is 364 g/mol. The van der Waals surface area contributed by atoms with Gasteiger partial charge in [-0.2, -0.15) is 15.0 Å². The molecular formula is C18H30N6O4. The zero-order chi connectivity index (χ0) is 20.9. The fourth-order valence-electron chi connectivity index (χ4n) is 2.82. The number of imidazole rings is 1. The molecule has 0 bridgehead atoms. The quantitative estimate of drug-likeness (QED) is 0.621. The molecule has 0 aliphatic rings. The highest BCUT2D eigenvalue weighted by Crippen LogP contribution is 2.26. The Balaban J connectivity index is 2.25. The molecule has 0 unspecified atom stereocenters. The number of aromatic nitrogens is 4. The second kappa shape index (κ2) is 8.94. The molecule has 0 radical (unpaired) electrons. The van der Waals surface area contributed by atoms with Crippen LogP contribution >= 0.6 is 0 Å². The Morgan fingerprint density at radius 3 is 2.54 bits per heavy atom. The molecule has 0 saturated carbocycles. The maximum absolute atomic E-state index is 11.5. The van der Waals surface area contributed by atoms with Gasteiger partial charge in [0.05, 0.1) is 13.7 Å². The third kappa shape index (κ3) is 4.93. The molecule has 28 heavy (non-hydrogen) atoms. The predicted molar refractivity (Wildman–Crippen MR) is 106 cm³/mol. The lowest BCUT2D eigenvalue weighted by molar-refractivity contribution is 0.0986. The first-order chi connectivity index (χ1) is 13.2. The number of methoxy groups -OCH3 is 1. The van der Waals surface area contributed by atoms with Crippen molar-refractivity contribution in [2.75, 3.05) is 26.0 Å². The van der Waals surface area contributed by atoms with Crippen LogP contribution in [0.4, 0.5) is 10.6 Å². The molecule has 0 aromatic carbocycles. The van der Waals surface area contributed by atoms with E-state index < -0.39 is 11.6 Å². The number of carboxylic acid groups (broad SMARTS) is 1. The first-order valence-corrected chi connectivity index (χ1v) is 9.40. The van der Waals surface area contributed by atoms with Gasteiger partial charge < -0.3 is 25.2 Å². The second-order valence-electron chi connectivity index (χ2n) is 7.47. The molecule has 0 atom stereocenters. The Bertz CT molecular complexity index is 814. The Hall–Kier alpha value is -2.78. The summed E-state index contributed by atoms with van der Waals surface area (Å²) in [6.07, 6.45) is 1.49. The van der Waals surface area contributed by atoms with Crippen molar-refractivity contribution in [2.45, 2.75) is 59.0 Å². The van der Waals surface area contributed by atoms with Crippen LogP contribution < -0.4 is 15.2 Å². The summed E-state index contributed by atoms with van der Waals surface area (Å²) in [7, 11) is 1.51. The monoisotopic (exact) mass is 394 g/mol. The fourth-order valence-corrected chi connectivity index (χ4v) is 2.82. The average molecular weight is 394 g/mol. The maximum atomic E-state index is 11.5. The van der Waals surface area contributed by atoms with Crippen LogP contribution in [0.2, 0.25) is 0 Å². The lowest BCUT2D eigenvalue weighted by Gasteiger charge is -2.33. The number of ether oxygens (including phenoxy) is 2. The van der Waals surface area contributed by atoms with Crippen molar-refractivity contribution in [3.8, 4) is 12.0 Å². The standard InChI is InChI=1S/C18H30N6O4/c1-6-7-11-28-15-21-13(19)12-14(22-15)23(16(20-12)27-5)9-8-10-24(17(25)26)18(2,3)4/h6-11H2,1-5H3,(H,25,26)(H2,19,21,22). The van der Waals surface area contributed by atoms with Crippen LogP contribution in [0.25, 0.3) is 11.2 Å². The van der Waals surface area contributed by atoms with Gasteiger partial charge in [-0.3, -0.25) is 4.57 Å². The molecule has 10 nitrogen and oxygen atoms in total. The summed E-state index contributed by atoms with van der Waals surface area (Å²) in [4.78, 5) is 25.9. The number of aryl methyl sites for hydroxylation is 1. The smallest absolute Gasteiger partial charge is 0.407 e. The van der Waals surface area contributed by atoms with E-state index in [2.05, 4.69) is 21.9 Å². The number of anilines is 1. The van der Waals surface area contributed by atoms with E-state index in [0.29, 0.717) is 43.3 Å². The van der Waals surface area contributed by atoms with Crippen molar-refractivity contribution in [3.63, 3.8) is 0 Å². The number of nitrogens with zero attached hydrogens (tertiary/aromatic N) is 5. The number of carbonyl (C=O) groups is 1. The third-order valence-corrected chi connectivity index (χ3v) is 4.28. The van der Waals surface area contributed by atoms with Crippen LogP contribution in [0.5, 0.6) is 12.0 Å². The molecule has 0 fully saturated rings. The number of hydrogen-bond donors (Lipinski definition) is 2. The summed E-state index contributed by atoms with van der Waals surface area (Å²) < 4.78 is 12.7. The number of amides is 1. The van der Waals surface area contributed by atoms with Crippen LogP contribution in [0.3, 0.4) is 0 Å². The molecule has 3 N–H and O–H groups in total. The lowest BCUT2D eigenvalue weighted by atomic mass is 10.1. The Kier molecular flexibility index (Phi) is 6.87. The highest BCUT2D eigenvalue weighted by Gasteiger charge is 2.26. The Labute approximate surface area is 164 Å². The van der Waals surface area contributed by atoms with Crippen molar-refractivity contribution < 1.29 is 19.4 Å². The largest absolute Gasteiger partial charge is 0.468 e. The van der Waals surface area contributed by atoms with Crippen LogP contribution in [0, 0.1) is 0 Å². The van der Waals surface area contributed by atoms with E-state index in [1.165, 1.54) is 12.0 Å². The van der Waals surface area contributed by atoms with Gasteiger partial charge in [-0.05, 0) is 33.6 Å². The van der Waals surface area contributed by atoms with Crippen molar-refractivity contribution in [1.82, 2.24) is 24.4 Å². The highest BCUT2D eigenvalue weighted by molar-refractivity contribution is 5.83. The van der Waals surface area contributed by atoms with E-state index in [9.17, 15) is 9.90 Å². The minimum atomic E-state index is -0.951. The number of nitrogen functional groups attached to an aromatic ring is 1. The molecule has 0 spiro atoms. The van der Waals surface area contributed by atoms with E-state index in [4.69, 9.17) is 15.2 Å². The van der Waals surface area contributed by atoms with E-state index in [0.717, 1.165) is 12.8 Å². The predicted octanol–water partition coefficient (Wildman–Crippen LogP) is 2.76. The molecule has 2 aromatic heterocycles. The Morgan fingerprint density at radius 2 is 1.96 bits per heavy atom. The summed E-state index contributed by atoms with van der Waals surface area (Å²) in [5.74, 6) is 0.218. The molecule has 0 saturated heterocycles. The van der Waals surface area contributed by atoms with Crippen molar-refractivity contribution in [1.29, 1.82) is 0 Å². The van der Waals surface area contributed by atoms with Gasteiger partial charge in [-0.1, -0.05) is 13.3 Å². The van der Waals surface area contributed by atoms with E-state index in [1.807, 2.05) is 20.8 Å². The average Bonchev–Trinajstić information content (AvgIpc) is 2.96. The number of unbranched alkanes of at least 4 members (excludes halogenated alkanes) is 1. The summed E-state index contributed by atoms with van der Waals surface area (Å²) in [6.45, 7) is 8.99. The van der Waals surface area contributed by atoms with Gasteiger partial charge in [0.2, 0.25) is 0 Å². The van der Waals surface area contributed by atoms with Crippen molar-refractivity contribution in [3.05, 3.63) is 0 Å². The first kappa shape index (κ1) is 21.5. The van der Waals surface area contributed by atoms with E-state index >= 15 is 0 Å². The number of nitrogens with two attached hydrogens (primary N) is 1. The van der Waals surface area contributed by atoms with E-state index in [1.54, 1.807) is 4.57 Å². The molecule has 0 aliphatic heterocycles.